The largest absolute Gasteiger partial charge is 0.465 e. The lowest BCUT2D eigenvalue weighted by Gasteiger charge is -2.17. The molecule has 1 amide bonds. The molecule has 0 aliphatic carbocycles. The van der Waals surface area contributed by atoms with Gasteiger partial charge in [0.25, 0.3) is 5.56 Å². The fraction of sp³-hybridized carbons (Fsp3) is 0.545. The second-order valence-corrected chi connectivity index (χ2v) is 8.66. The van der Waals surface area contributed by atoms with Crippen LogP contribution in [0.3, 0.4) is 0 Å². The van der Waals surface area contributed by atoms with Crippen LogP contribution in [0.1, 0.15) is 49.9 Å². The number of hydrogen-bond acceptors (Lipinski definition) is 7. The Kier molecular flexibility index (Phi) is 8.09. The summed E-state index contributed by atoms with van der Waals surface area (Å²) in [6.45, 7) is 5.12. The highest BCUT2D eigenvalue weighted by Crippen LogP contribution is 2.22. The molecule has 1 fully saturated rings. The first kappa shape index (κ1) is 23.3. The second-order valence-electron chi connectivity index (χ2n) is 7.71. The molecule has 31 heavy (non-hydrogen) atoms. The van der Waals surface area contributed by atoms with E-state index in [4.69, 9.17) is 9.47 Å². The molecule has 1 aliphatic heterocycles. The summed E-state index contributed by atoms with van der Waals surface area (Å²) in [6.07, 6.45) is 3.69. The van der Waals surface area contributed by atoms with Crippen molar-refractivity contribution >= 4 is 34.5 Å². The van der Waals surface area contributed by atoms with Crippen molar-refractivity contribution in [3.05, 3.63) is 34.1 Å². The third-order valence-electron chi connectivity index (χ3n) is 5.21. The highest BCUT2D eigenvalue weighted by Gasteiger charge is 2.21. The van der Waals surface area contributed by atoms with E-state index < -0.39 is 5.97 Å². The van der Waals surface area contributed by atoms with E-state index in [9.17, 15) is 14.4 Å². The number of benzene rings is 1. The minimum atomic E-state index is -0.495. The van der Waals surface area contributed by atoms with Crippen molar-refractivity contribution in [2.45, 2.75) is 63.4 Å². The van der Waals surface area contributed by atoms with Gasteiger partial charge in [0.15, 0.2) is 5.16 Å². The zero-order valence-electron chi connectivity index (χ0n) is 18.2. The molecule has 1 aromatic carbocycles. The minimum Gasteiger partial charge on any atom is -0.465 e. The minimum absolute atomic E-state index is 0.0518. The monoisotopic (exact) mass is 447 g/mol. The summed E-state index contributed by atoms with van der Waals surface area (Å²) in [5.41, 5.74) is 0.513. The molecule has 8 nitrogen and oxygen atoms in total. The molecule has 1 N–H and O–H groups in total. The van der Waals surface area contributed by atoms with E-state index in [1.807, 2.05) is 6.92 Å². The molecule has 1 aromatic heterocycles. The van der Waals surface area contributed by atoms with Crippen LogP contribution < -0.4 is 10.9 Å². The van der Waals surface area contributed by atoms with Gasteiger partial charge in [0.2, 0.25) is 5.91 Å². The number of ether oxygens (including phenoxy) is 2. The average Bonchev–Trinajstić information content (AvgIpc) is 3.27. The van der Waals surface area contributed by atoms with Gasteiger partial charge < -0.3 is 14.8 Å². The van der Waals surface area contributed by atoms with Gasteiger partial charge in [-0.1, -0.05) is 25.1 Å². The third-order valence-corrected chi connectivity index (χ3v) is 6.19. The summed E-state index contributed by atoms with van der Waals surface area (Å²) in [5, 5.41) is 3.82. The second kappa shape index (κ2) is 10.8. The van der Waals surface area contributed by atoms with Gasteiger partial charge in [-0.05, 0) is 44.4 Å². The summed E-state index contributed by atoms with van der Waals surface area (Å²) in [6, 6.07) is 4.80. The number of hydrogen-bond donors (Lipinski definition) is 1. The van der Waals surface area contributed by atoms with Gasteiger partial charge in [-0.25, -0.2) is 9.78 Å². The number of fused-ring (bicyclic) bond motifs is 1. The number of carbonyl (C=O) groups is 2. The smallest absolute Gasteiger partial charge is 0.337 e. The Morgan fingerprint density at radius 1 is 1.42 bits per heavy atom. The molecular weight excluding hydrogens is 418 g/mol. The summed E-state index contributed by atoms with van der Waals surface area (Å²) in [4.78, 5) is 42.1. The maximum absolute atomic E-state index is 13.2. The lowest BCUT2D eigenvalue weighted by molar-refractivity contribution is -0.119. The van der Waals surface area contributed by atoms with Gasteiger partial charge in [0.05, 0.1) is 42.0 Å². The molecule has 3 rings (SSSR count). The molecule has 2 aromatic rings. The highest BCUT2D eigenvalue weighted by atomic mass is 32.2. The Morgan fingerprint density at radius 2 is 2.23 bits per heavy atom. The van der Waals surface area contributed by atoms with Gasteiger partial charge in [-0.2, -0.15) is 0 Å². The lowest BCUT2D eigenvalue weighted by Crippen LogP contribution is -2.34. The Labute approximate surface area is 185 Å². The molecule has 1 aliphatic rings. The molecule has 0 spiro atoms. The van der Waals surface area contributed by atoms with E-state index in [0.717, 1.165) is 25.7 Å². The van der Waals surface area contributed by atoms with E-state index >= 15 is 0 Å². The molecule has 2 atom stereocenters. The van der Waals surface area contributed by atoms with Gasteiger partial charge in [-0.15, -0.1) is 0 Å². The van der Waals surface area contributed by atoms with Gasteiger partial charge in [0, 0.05) is 12.6 Å². The van der Waals surface area contributed by atoms with Crippen molar-refractivity contribution in [2.75, 3.05) is 19.5 Å². The van der Waals surface area contributed by atoms with E-state index in [0.29, 0.717) is 34.8 Å². The number of amides is 1. The van der Waals surface area contributed by atoms with Crippen LogP contribution in [0.2, 0.25) is 0 Å². The van der Waals surface area contributed by atoms with Crippen molar-refractivity contribution in [1.82, 2.24) is 14.9 Å². The number of nitrogens with one attached hydrogen (secondary N) is 1. The van der Waals surface area contributed by atoms with Crippen LogP contribution in [0, 0.1) is 0 Å². The van der Waals surface area contributed by atoms with Crippen LogP contribution in [0.15, 0.2) is 28.2 Å². The van der Waals surface area contributed by atoms with Crippen molar-refractivity contribution in [2.24, 2.45) is 0 Å². The van der Waals surface area contributed by atoms with E-state index in [2.05, 4.69) is 17.2 Å². The normalized spacial score (nSPS) is 16.9. The van der Waals surface area contributed by atoms with Crippen LogP contribution in [-0.2, 0) is 20.8 Å². The molecular formula is C22H29N3O5S. The molecule has 2 heterocycles. The molecule has 1 saturated heterocycles. The summed E-state index contributed by atoms with van der Waals surface area (Å²) < 4.78 is 12.1. The predicted molar refractivity (Wildman–Crippen MR) is 120 cm³/mol. The van der Waals surface area contributed by atoms with Crippen LogP contribution >= 0.6 is 11.8 Å². The Bertz CT molecular complexity index is 1000. The van der Waals surface area contributed by atoms with Crippen LogP contribution in [-0.4, -0.2) is 53.0 Å². The molecule has 0 radical (unpaired) electrons. The number of aromatic nitrogens is 2. The van der Waals surface area contributed by atoms with Crippen molar-refractivity contribution in [3.8, 4) is 0 Å². The Morgan fingerprint density at radius 3 is 2.90 bits per heavy atom. The molecule has 168 valence electrons. The maximum Gasteiger partial charge on any atom is 0.337 e. The summed E-state index contributed by atoms with van der Waals surface area (Å²) >= 11 is 1.22. The van der Waals surface area contributed by atoms with Gasteiger partial charge >= 0.3 is 5.97 Å². The van der Waals surface area contributed by atoms with Crippen molar-refractivity contribution in [1.29, 1.82) is 0 Å². The fourth-order valence-corrected chi connectivity index (χ4v) is 4.48. The van der Waals surface area contributed by atoms with Crippen LogP contribution in [0.25, 0.3) is 10.9 Å². The predicted octanol–water partition coefficient (Wildman–Crippen LogP) is 2.76. The Hall–Kier alpha value is -2.39. The standard InChI is InChI=1S/C22H29N3O5S/c1-4-6-14(2)23-19(26)13-31-22-24-18-11-15(21(28)29-3)8-9-17(18)20(27)25(22)12-16-7-5-10-30-16/h8-9,11,14,16H,4-7,10,12-13H2,1-3H3,(H,23,26)/t14-,16-/m0/s1. The lowest BCUT2D eigenvalue weighted by atomic mass is 10.1. The highest BCUT2D eigenvalue weighted by molar-refractivity contribution is 7.99. The van der Waals surface area contributed by atoms with Crippen molar-refractivity contribution in [3.63, 3.8) is 0 Å². The molecule has 0 bridgehead atoms. The summed E-state index contributed by atoms with van der Waals surface area (Å²) in [5.74, 6) is -0.452. The van der Waals surface area contributed by atoms with Crippen LogP contribution in [0.4, 0.5) is 0 Å². The van der Waals surface area contributed by atoms with Crippen molar-refractivity contribution < 1.29 is 19.1 Å². The quantitative estimate of drug-likeness (QED) is 0.358. The molecule has 9 heteroatoms. The topological polar surface area (TPSA) is 99.5 Å². The summed E-state index contributed by atoms with van der Waals surface area (Å²) in [7, 11) is 1.30. The number of esters is 1. The fourth-order valence-electron chi connectivity index (χ4n) is 3.66. The van der Waals surface area contributed by atoms with Crippen LogP contribution in [0.5, 0.6) is 0 Å². The number of thioether (sulfide) groups is 1. The first-order valence-corrected chi connectivity index (χ1v) is 11.6. The van der Waals surface area contributed by atoms with E-state index in [1.54, 1.807) is 22.8 Å². The number of nitrogens with zero attached hydrogens (tertiary/aromatic N) is 2. The van der Waals surface area contributed by atoms with E-state index in [-0.39, 0.29) is 29.4 Å². The number of rotatable bonds is 9. The molecule has 0 saturated carbocycles. The average molecular weight is 448 g/mol. The van der Waals surface area contributed by atoms with Gasteiger partial charge in [0.1, 0.15) is 0 Å². The number of carbonyl (C=O) groups excluding carboxylic acids is 2. The maximum atomic E-state index is 13.2. The number of methoxy groups -OCH3 is 1. The van der Waals surface area contributed by atoms with E-state index in [1.165, 1.54) is 18.9 Å². The first-order valence-electron chi connectivity index (χ1n) is 10.6. The third kappa shape index (κ3) is 5.86. The zero-order valence-corrected chi connectivity index (χ0v) is 19.0. The zero-order chi connectivity index (χ0) is 22.4. The van der Waals surface area contributed by atoms with Gasteiger partial charge in [-0.3, -0.25) is 14.2 Å². The Balaban J connectivity index is 1.91. The first-order chi connectivity index (χ1) is 14.9. The SMILES string of the molecule is CCC[C@H](C)NC(=O)CSc1nc2cc(C(=O)OC)ccc2c(=O)n1C[C@@H]1CCCO1. The molecule has 0 unspecified atom stereocenters.